The van der Waals surface area contributed by atoms with Crippen LogP contribution in [0.3, 0.4) is 0 Å². The second-order valence-electron chi connectivity index (χ2n) is 7.11. The molecule has 140 valence electrons. The smallest absolute Gasteiger partial charge is 0.227 e. The Balaban J connectivity index is 1.82. The van der Waals surface area contributed by atoms with Gasteiger partial charge in [-0.25, -0.2) is 4.98 Å². The third-order valence-electron chi connectivity index (χ3n) is 4.30. The second-order valence-corrected chi connectivity index (χ2v) is 7.11. The van der Waals surface area contributed by atoms with Crippen molar-refractivity contribution < 1.29 is 0 Å². The van der Waals surface area contributed by atoms with Gasteiger partial charge in [0, 0.05) is 44.2 Å². The van der Waals surface area contributed by atoms with E-state index in [0.717, 1.165) is 42.5 Å². The molecule has 0 spiro atoms. The normalized spacial score (nSPS) is 10.8. The lowest BCUT2D eigenvalue weighted by atomic mass is 10.1. The van der Waals surface area contributed by atoms with Crippen LogP contribution < -0.4 is 10.2 Å². The Morgan fingerprint density at radius 2 is 1.74 bits per heavy atom. The summed E-state index contributed by atoms with van der Waals surface area (Å²) in [6.07, 6.45) is 4.58. The van der Waals surface area contributed by atoms with Gasteiger partial charge >= 0.3 is 0 Å². The first-order chi connectivity index (χ1) is 13.1. The maximum atomic E-state index is 4.81. The predicted octanol–water partition coefficient (Wildman–Crippen LogP) is 4.29. The van der Waals surface area contributed by atoms with Crippen LogP contribution in [0.2, 0.25) is 0 Å². The standard InChI is InChI=1S/C22H27N5/c1-17(2)16-24-21-15-20(19-7-5-4-6-8-19)25-22(26-21)27(3)14-11-18-9-12-23-13-10-18/h4-10,12-13,15,17H,11,14,16H2,1-3H3,(H,24,25,26). The van der Waals surface area contributed by atoms with Crippen molar-refractivity contribution in [2.75, 3.05) is 30.4 Å². The molecule has 0 saturated heterocycles. The fraction of sp³-hybridized carbons (Fsp3) is 0.318. The quantitative estimate of drug-likeness (QED) is 0.649. The van der Waals surface area contributed by atoms with Gasteiger partial charge in [-0.2, -0.15) is 4.98 Å². The molecule has 2 heterocycles. The first-order valence-electron chi connectivity index (χ1n) is 9.40. The molecule has 27 heavy (non-hydrogen) atoms. The molecule has 3 rings (SSSR count). The van der Waals surface area contributed by atoms with Crippen molar-refractivity contribution in [3.8, 4) is 11.3 Å². The van der Waals surface area contributed by atoms with Crippen molar-refractivity contribution in [3.05, 3.63) is 66.5 Å². The molecule has 0 aliphatic carbocycles. The Hall–Kier alpha value is -2.95. The molecular weight excluding hydrogens is 334 g/mol. The van der Waals surface area contributed by atoms with Gasteiger partial charge in [0.25, 0.3) is 0 Å². The number of likely N-dealkylation sites (N-methyl/N-ethyl adjacent to an activating group) is 1. The van der Waals surface area contributed by atoms with E-state index in [-0.39, 0.29) is 0 Å². The van der Waals surface area contributed by atoms with E-state index in [0.29, 0.717) is 5.92 Å². The van der Waals surface area contributed by atoms with Gasteiger partial charge < -0.3 is 10.2 Å². The van der Waals surface area contributed by atoms with Crippen LogP contribution in [0.1, 0.15) is 19.4 Å². The van der Waals surface area contributed by atoms with Crippen LogP contribution in [-0.4, -0.2) is 35.1 Å². The molecular formula is C22H27N5. The molecule has 1 N–H and O–H groups in total. The fourth-order valence-electron chi connectivity index (χ4n) is 2.71. The largest absolute Gasteiger partial charge is 0.370 e. The Labute approximate surface area is 161 Å². The summed E-state index contributed by atoms with van der Waals surface area (Å²) in [5, 5.41) is 3.44. The predicted molar refractivity (Wildman–Crippen MR) is 112 cm³/mol. The average Bonchev–Trinajstić information content (AvgIpc) is 2.71. The number of nitrogens with zero attached hydrogens (tertiary/aromatic N) is 4. The number of rotatable bonds is 8. The van der Waals surface area contributed by atoms with Gasteiger partial charge in [0.05, 0.1) is 5.69 Å². The molecule has 0 unspecified atom stereocenters. The number of nitrogens with one attached hydrogen (secondary N) is 1. The van der Waals surface area contributed by atoms with E-state index in [1.165, 1.54) is 5.56 Å². The highest BCUT2D eigenvalue weighted by Gasteiger charge is 2.11. The molecule has 5 nitrogen and oxygen atoms in total. The molecule has 0 amide bonds. The molecule has 0 atom stereocenters. The van der Waals surface area contributed by atoms with Gasteiger partial charge in [0.1, 0.15) is 5.82 Å². The maximum Gasteiger partial charge on any atom is 0.227 e. The van der Waals surface area contributed by atoms with Crippen molar-refractivity contribution in [1.29, 1.82) is 0 Å². The summed E-state index contributed by atoms with van der Waals surface area (Å²) in [5.41, 5.74) is 3.29. The zero-order valence-corrected chi connectivity index (χ0v) is 16.3. The van der Waals surface area contributed by atoms with Crippen LogP contribution >= 0.6 is 0 Å². The minimum atomic E-state index is 0.549. The summed E-state index contributed by atoms with van der Waals surface area (Å²) in [5.74, 6) is 2.15. The highest BCUT2D eigenvalue weighted by molar-refractivity contribution is 5.64. The molecule has 3 aromatic rings. The Bertz CT molecular complexity index is 834. The molecule has 1 aromatic carbocycles. The number of aromatic nitrogens is 3. The van der Waals surface area contributed by atoms with Crippen molar-refractivity contribution in [2.24, 2.45) is 5.92 Å². The molecule has 0 fully saturated rings. The molecule has 0 aliphatic heterocycles. The third kappa shape index (κ3) is 5.51. The van der Waals surface area contributed by atoms with Crippen molar-refractivity contribution in [1.82, 2.24) is 15.0 Å². The molecule has 0 aliphatic rings. The average molecular weight is 361 g/mol. The SMILES string of the molecule is CC(C)CNc1cc(-c2ccccc2)nc(N(C)CCc2ccncc2)n1. The van der Waals surface area contributed by atoms with Crippen LogP contribution in [0.4, 0.5) is 11.8 Å². The summed E-state index contributed by atoms with van der Waals surface area (Å²) in [4.78, 5) is 15.7. The summed E-state index contributed by atoms with van der Waals surface area (Å²) >= 11 is 0. The Morgan fingerprint density at radius 3 is 2.44 bits per heavy atom. The van der Waals surface area contributed by atoms with Gasteiger partial charge in [-0.05, 0) is 30.0 Å². The molecule has 0 saturated carbocycles. The monoisotopic (exact) mass is 361 g/mol. The molecule has 0 bridgehead atoms. The number of hydrogen-bond donors (Lipinski definition) is 1. The van der Waals surface area contributed by atoms with E-state index in [1.807, 2.05) is 55.8 Å². The lowest BCUT2D eigenvalue weighted by Crippen LogP contribution is -2.23. The summed E-state index contributed by atoms with van der Waals surface area (Å²) in [6, 6.07) is 16.4. The van der Waals surface area contributed by atoms with Crippen molar-refractivity contribution >= 4 is 11.8 Å². The fourth-order valence-corrected chi connectivity index (χ4v) is 2.71. The van der Waals surface area contributed by atoms with Crippen LogP contribution in [0.25, 0.3) is 11.3 Å². The number of benzene rings is 1. The minimum absolute atomic E-state index is 0.549. The van der Waals surface area contributed by atoms with Crippen molar-refractivity contribution in [2.45, 2.75) is 20.3 Å². The lowest BCUT2D eigenvalue weighted by Gasteiger charge is -2.19. The molecule has 0 radical (unpaired) electrons. The summed E-state index contributed by atoms with van der Waals surface area (Å²) in [6.45, 7) is 6.10. The van der Waals surface area contributed by atoms with Gasteiger partial charge in [-0.1, -0.05) is 44.2 Å². The van der Waals surface area contributed by atoms with Gasteiger partial charge in [0.2, 0.25) is 5.95 Å². The van der Waals surface area contributed by atoms with E-state index in [2.05, 4.69) is 41.2 Å². The second kappa shape index (κ2) is 9.12. The number of pyridine rings is 1. The van der Waals surface area contributed by atoms with Crippen LogP contribution in [0, 0.1) is 5.92 Å². The molecule has 2 aromatic heterocycles. The van der Waals surface area contributed by atoms with Crippen LogP contribution in [-0.2, 0) is 6.42 Å². The number of anilines is 2. The lowest BCUT2D eigenvalue weighted by molar-refractivity contribution is 0.686. The van der Waals surface area contributed by atoms with E-state index in [9.17, 15) is 0 Å². The van der Waals surface area contributed by atoms with Crippen molar-refractivity contribution in [3.63, 3.8) is 0 Å². The first-order valence-corrected chi connectivity index (χ1v) is 9.40. The summed E-state index contributed by atoms with van der Waals surface area (Å²) in [7, 11) is 2.04. The Kier molecular flexibility index (Phi) is 6.36. The van der Waals surface area contributed by atoms with Gasteiger partial charge in [-0.3, -0.25) is 4.98 Å². The highest BCUT2D eigenvalue weighted by Crippen LogP contribution is 2.22. The van der Waals surface area contributed by atoms with E-state index in [4.69, 9.17) is 9.97 Å². The zero-order valence-electron chi connectivity index (χ0n) is 16.3. The van der Waals surface area contributed by atoms with E-state index >= 15 is 0 Å². The maximum absolute atomic E-state index is 4.81. The zero-order chi connectivity index (χ0) is 19.1. The Morgan fingerprint density at radius 1 is 1.00 bits per heavy atom. The third-order valence-corrected chi connectivity index (χ3v) is 4.30. The van der Waals surface area contributed by atoms with Gasteiger partial charge in [-0.15, -0.1) is 0 Å². The first kappa shape index (κ1) is 18.8. The van der Waals surface area contributed by atoms with Gasteiger partial charge in [0.15, 0.2) is 0 Å². The topological polar surface area (TPSA) is 53.9 Å². The summed E-state index contributed by atoms with van der Waals surface area (Å²) < 4.78 is 0. The van der Waals surface area contributed by atoms with Crippen LogP contribution in [0.15, 0.2) is 60.9 Å². The van der Waals surface area contributed by atoms with Crippen LogP contribution in [0.5, 0.6) is 0 Å². The van der Waals surface area contributed by atoms with E-state index in [1.54, 1.807) is 0 Å². The number of hydrogen-bond acceptors (Lipinski definition) is 5. The minimum Gasteiger partial charge on any atom is -0.370 e. The highest BCUT2D eigenvalue weighted by atomic mass is 15.2. The van der Waals surface area contributed by atoms with E-state index < -0.39 is 0 Å². The molecule has 5 heteroatoms.